The van der Waals surface area contributed by atoms with Crippen molar-refractivity contribution in [3.05, 3.63) is 0 Å². The first-order valence-electron chi connectivity index (χ1n) is 7.70. The SMILES string of the molecule is CCCC1NC(=O)C(C(C)C)N(CCOCCOC)C1=O. The largest absolute Gasteiger partial charge is 0.382 e. The Labute approximate surface area is 127 Å². The first-order chi connectivity index (χ1) is 10.0. The minimum Gasteiger partial charge on any atom is -0.382 e. The maximum Gasteiger partial charge on any atom is 0.245 e. The number of hydrogen-bond donors (Lipinski definition) is 1. The molecule has 1 saturated heterocycles. The van der Waals surface area contributed by atoms with Gasteiger partial charge in [-0.15, -0.1) is 0 Å². The summed E-state index contributed by atoms with van der Waals surface area (Å²) in [5.74, 6) is 0.0286. The average molecular weight is 300 g/mol. The van der Waals surface area contributed by atoms with Gasteiger partial charge in [-0.2, -0.15) is 0 Å². The first kappa shape index (κ1) is 17.9. The van der Waals surface area contributed by atoms with Gasteiger partial charge in [0.1, 0.15) is 12.1 Å². The van der Waals surface area contributed by atoms with Crippen LogP contribution in [0.4, 0.5) is 0 Å². The van der Waals surface area contributed by atoms with E-state index in [4.69, 9.17) is 9.47 Å². The minimum atomic E-state index is -0.406. The van der Waals surface area contributed by atoms with Crippen molar-refractivity contribution in [3.63, 3.8) is 0 Å². The van der Waals surface area contributed by atoms with Crippen LogP contribution >= 0.6 is 0 Å². The first-order valence-corrected chi connectivity index (χ1v) is 7.70. The number of nitrogens with zero attached hydrogens (tertiary/aromatic N) is 1. The van der Waals surface area contributed by atoms with Crippen molar-refractivity contribution in [1.29, 1.82) is 0 Å². The Balaban J connectivity index is 2.66. The van der Waals surface area contributed by atoms with Gasteiger partial charge in [0.2, 0.25) is 11.8 Å². The Kier molecular flexibility index (Phi) is 7.67. The third kappa shape index (κ3) is 4.97. The Hall–Kier alpha value is -1.14. The highest BCUT2D eigenvalue weighted by Gasteiger charge is 2.41. The highest BCUT2D eigenvalue weighted by atomic mass is 16.5. The van der Waals surface area contributed by atoms with E-state index in [9.17, 15) is 9.59 Å². The highest BCUT2D eigenvalue weighted by molar-refractivity contribution is 5.97. The molecule has 0 aromatic carbocycles. The lowest BCUT2D eigenvalue weighted by molar-refractivity contribution is -0.152. The van der Waals surface area contributed by atoms with Crippen LogP contribution in [0, 0.1) is 5.92 Å². The zero-order valence-electron chi connectivity index (χ0n) is 13.6. The molecule has 0 aromatic heterocycles. The highest BCUT2D eigenvalue weighted by Crippen LogP contribution is 2.19. The molecule has 2 atom stereocenters. The predicted molar refractivity (Wildman–Crippen MR) is 79.9 cm³/mol. The number of methoxy groups -OCH3 is 1. The van der Waals surface area contributed by atoms with Gasteiger partial charge in [-0.05, 0) is 12.3 Å². The monoisotopic (exact) mass is 300 g/mol. The van der Waals surface area contributed by atoms with Crippen molar-refractivity contribution in [3.8, 4) is 0 Å². The van der Waals surface area contributed by atoms with Crippen molar-refractivity contribution < 1.29 is 19.1 Å². The summed E-state index contributed by atoms with van der Waals surface area (Å²) in [5.41, 5.74) is 0. The molecule has 2 unspecified atom stereocenters. The van der Waals surface area contributed by atoms with Crippen molar-refractivity contribution in [2.24, 2.45) is 5.92 Å². The summed E-state index contributed by atoms with van der Waals surface area (Å²) in [6, 6.07) is -0.798. The zero-order valence-corrected chi connectivity index (χ0v) is 13.6. The van der Waals surface area contributed by atoms with E-state index in [1.165, 1.54) is 0 Å². The molecule has 1 aliphatic rings. The predicted octanol–water partition coefficient (Wildman–Crippen LogP) is 0.801. The fraction of sp³-hybridized carbons (Fsp3) is 0.867. The van der Waals surface area contributed by atoms with Crippen LogP contribution in [0.2, 0.25) is 0 Å². The lowest BCUT2D eigenvalue weighted by atomic mass is 9.95. The van der Waals surface area contributed by atoms with Crippen LogP contribution < -0.4 is 5.32 Å². The molecule has 0 aliphatic carbocycles. The smallest absolute Gasteiger partial charge is 0.245 e. The van der Waals surface area contributed by atoms with Crippen molar-refractivity contribution in [2.45, 2.75) is 45.7 Å². The van der Waals surface area contributed by atoms with E-state index in [1.54, 1.807) is 12.0 Å². The van der Waals surface area contributed by atoms with E-state index in [2.05, 4.69) is 5.32 Å². The van der Waals surface area contributed by atoms with Crippen molar-refractivity contribution >= 4 is 11.8 Å². The van der Waals surface area contributed by atoms with Gasteiger partial charge in [0.05, 0.1) is 19.8 Å². The Bertz CT molecular complexity index is 347. The number of nitrogens with one attached hydrogen (secondary N) is 1. The second kappa shape index (κ2) is 9.00. The van der Waals surface area contributed by atoms with E-state index >= 15 is 0 Å². The number of ether oxygens (including phenoxy) is 2. The molecule has 1 aliphatic heterocycles. The van der Waals surface area contributed by atoms with Crippen molar-refractivity contribution in [1.82, 2.24) is 10.2 Å². The van der Waals surface area contributed by atoms with Gasteiger partial charge in [-0.1, -0.05) is 27.2 Å². The standard InChI is InChI=1S/C15H28N2O4/c1-5-6-12-15(19)17(7-8-21-10-9-20-4)13(11(2)3)14(18)16-12/h11-13H,5-10H2,1-4H3,(H,16,18). The molecule has 0 aromatic rings. The van der Waals surface area contributed by atoms with Gasteiger partial charge in [-0.25, -0.2) is 0 Å². The molecule has 6 heteroatoms. The van der Waals surface area contributed by atoms with Crippen LogP contribution in [-0.2, 0) is 19.1 Å². The number of carbonyl (C=O) groups excluding carboxylic acids is 2. The van der Waals surface area contributed by atoms with Crippen LogP contribution in [0.25, 0.3) is 0 Å². The summed E-state index contributed by atoms with van der Waals surface area (Å²) >= 11 is 0. The number of carbonyl (C=O) groups is 2. The fourth-order valence-corrected chi connectivity index (χ4v) is 2.60. The van der Waals surface area contributed by atoms with E-state index in [0.717, 1.165) is 6.42 Å². The Morgan fingerprint density at radius 3 is 2.52 bits per heavy atom. The fourth-order valence-electron chi connectivity index (χ4n) is 2.60. The second-order valence-electron chi connectivity index (χ2n) is 5.68. The van der Waals surface area contributed by atoms with Gasteiger partial charge in [0.25, 0.3) is 0 Å². The van der Waals surface area contributed by atoms with Crippen LogP contribution in [0.5, 0.6) is 0 Å². The lowest BCUT2D eigenvalue weighted by Crippen LogP contribution is -2.65. The Morgan fingerprint density at radius 1 is 1.24 bits per heavy atom. The molecule has 1 rings (SSSR count). The Morgan fingerprint density at radius 2 is 1.95 bits per heavy atom. The van der Waals surface area contributed by atoms with Gasteiger partial charge < -0.3 is 19.7 Å². The number of rotatable bonds is 9. The van der Waals surface area contributed by atoms with E-state index < -0.39 is 12.1 Å². The lowest BCUT2D eigenvalue weighted by Gasteiger charge is -2.40. The van der Waals surface area contributed by atoms with Crippen LogP contribution in [0.15, 0.2) is 0 Å². The summed E-state index contributed by atoms with van der Waals surface area (Å²) in [6.07, 6.45) is 1.54. The molecular formula is C15H28N2O4. The molecular weight excluding hydrogens is 272 g/mol. The van der Waals surface area contributed by atoms with Crippen LogP contribution in [0.1, 0.15) is 33.6 Å². The summed E-state index contributed by atoms with van der Waals surface area (Å²) in [6.45, 7) is 7.80. The minimum absolute atomic E-state index is 0.00508. The molecule has 1 N–H and O–H groups in total. The molecule has 1 fully saturated rings. The van der Waals surface area contributed by atoms with Gasteiger partial charge >= 0.3 is 0 Å². The van der Waals surface area contributed by atoms with Crippen LogP contribution in [0.3, 0.4) is 0 Å². The number of piperazine rings is 1. The molecule has 21 heavy (non-hydrogen) atoms. The van der Waals surface area contributed by atoms with Crippen molar-refractivity contribution in [2.75, 3.05) is 33.5 Å². The van der Waals surface area contributed by atoms with Gasteiger partial charge in [-0.3, -0.25) is 9.59 Å². The summed E-state index contributed by atoms with van der Waals surface area (Å²) in [4.78, 5) is 26.5. The molecule has 2 amide bonds. The third-order valence-electron chi connectivity index (χ3n) is 3.62. The zero-order chi connectivity index (χ0) is 15.8. The maximum atomic E-state index is 12.5. The maximum absolute atomic E-state index is 12.5. The molecule has 0 saturated carbocycles. The van der Waals surface area contributed by atoms with E-state index in [0.29, 0.717) is 32.8 Å². The van der Waals surface area contributed by atoms with Gasteiger partial charge in [0, 0.05) is 13.7 Å². The third-order valence-corrected chi connectivity index (χ3v) is 3.62. The molecule has 0 spiro atoms. The molecule has 0 bridgehead atoms. The molecule has 6 nitrogen and oxygen atoms in total. The molecule has 0 radical (unpaired) electrons. The summed E-state index contributed by atoms with van der Waals surface area (Å²) in [5, 5.41) is 2.85. The number of hydrogen-bond acceptors (Lipinski definition) is 4. The normalized spacial score (nSPS) is 22.8. The summed E-state index contributed by atoms with van der Waals surface area (Å²) < 4.78 is 10.3. The molecule has 122 valence electrons. The topological polar surface area (TPSA) is 67.9 Å². The quantitative estimate of drug-likeness (QED) is 0.640. The molecule has 1 heterocycles. The number of amides is 2. The van der Waals surface area contributed by atoms with E-state index in [-0.39, 0.29) is 17.7 Å². The van der Waals surface area contributed by atoms with E-state index in [1.807, 2.05) is 20.8 Å². The second-order valence-corrected chi connectivity index (χ2v) is 5.68. The van der Waals surface area contributed by atoms with Crippen LogP contribution in [-0.4, -0.2) is 62.3 Å². The van der Waals surface area contributed by atoms with Gasteiger partial charge in [0.15, 0.2) is 0 Å². The average Bonchev–Trinajstić information content (AvgIpc) is 2.43. The summed E-state index contributed by atoms with van der Waals surface area (Å²) in [7, 11) is 1.62.